The summed E-state index contributed by atoms with van der Waals surface area (Å²) in [5.41, 5.74) is 0.574. The smallest absolute Gasteiger partial charge is 0.323 e. The van der Waals surface area contributed by atoms with Crippen LogP contribution in [0.2, 0.25) is 5.02 Å². The van der Waals surface area contributed by atoms with E-state index in [-0.39, 0.29) is 24.3 Å². The van der Waals surface area contributed by atoms with E-state index in [2.05, 4.69) is 10.2 Å². The third-order valence-corrected chi connectivity index (χ3v) is 4.87. The van der Waals surface area contributed by atoms with Gasteiger partial charge >= 0.3 is 5.97 Å². The second-order valence-corrected chi connectivity index (χ2v) is 6.54. The summed E-state index contributed by atoms with van der Waals surface area (Å²) in [4.78, 5) is 26.6. The SMILES string of the molecule is COc1ccc(NC(=O)C[C@@H]2C(=O)OC[C@H]3CCCCN32)cc1Cl. The highest BCUT2D eigenvalue weighted by molar-refractivity contribution is 6.32. The van der Waals surface area contributed by atoms with Gasteiger partial charge in [0.05, 0.1) is 18.6 Å². The van der Waals surface area contributed by atoms with Gasteiger partial charge in [0.2, 0.25) is 5.91 Å². The molecule has 24 heavy (non-hydrogen) atoms. The maximum absolute atomic E-state index is 12.3. The van der Waals surface area contributed by atoms with E-state index in [0.717, 1.165) is 25.8 Å². The van der Waals surface area contributed by atoms with Gasteiger partial charge in [-0.15, -0.1) is 0 Å². The molecule has 7 heteroatoms. The molecule has 0 aromatic heterocycles. The number of ether oxygens (including phenoxy) is 2. The lowest BCUT2D eigenvalue weighted by Gasteiger charge is -2.43. The quantitative estimate of drug-likeness (QED) is 0.843. The summed E-state index contributed by atoms with van der Waals surface area (Å²) in [6.07, 6.45) is 3.29. The number of piperidine rings is 1. The lowest BCUT2D eigenvalue weighted by atomic mass is 9.97. The molecule has 0 aliphatic carbocycles. The number of nitrogens with zero attached hydrogens (tertiary/aromatic N) is 1. The number of cyclic esters (lactones) is 1. The van der Waals surface area contributed by atoms with Crippen LogP contribution in [0.1, 0.15) is 25.7 Å². The molecule has 0 bridgehead atoms. The Morgan fingerprint density at radius 1 is 1.46 bits per heavy atom. The number of methoxy groups -OCH3 is 1. The molecule has 0 spiro atoms. The predicted octanol–water partition coefficient (Wildman–Crippen LogP) is 2.46. The Morgan fingerprint density at radius 3 is 3.04 bits per heavy atom. The average molecular weight is 353 g/mol. The zero-order valence-corrected chi connectivity index (χ0v) is 14.3. The first-order chi connectivity index (χ1) is 11.6. The van der Waals surface area contributed by atoms with Crippen molar-refractivity contribution in [3.8, 4) is 5.75 Å². The van der Waals surface area contributed by atoms with Crippen LogP contribution in [-0.4, -0.2) is 49.1 Å². The van der Waals surface area contributed by atoms with Gasteiger partial charge in [-0.2, -0.15) is 0 Å². The van der Waals surface area contributed by atoms with Crippen molar-refractivity contribution >= 4 is 29.2 Å². The van der Waals surface area contributed by atoms with E-state index in [1.54, 1.807) is 18.2 Å². The van der Waals surface area contributed by atoms with Gasteiger partial charge < -0.3 is 14.8 Å². The third kappa shape index (κ3) is 3.65. The molecule has 1 N–H and O–H groups in total. The molecule has 2 heterocycles. The summed E-state index contributed by atoms with van der Waals surface area (Å²) in [5.74, 6) is 0.00199. The Bertz CT molecular complexity index is 637. The normalized spacial score (nSPS) is 24.0. The molecule has 130 valence electrons. The van der Waals surface area contributed by atoms with Gasteiger partial charge in [0.25, 0.3) is 0 Å². The van der Waals surface area contributed by atoms with Crippen molar-refractivity contribution in [1.82, 2.24) is 4.90 Å². The number of hydrogen-bond acceptors (Lipinski definition) is 5. The topological polar surface area (TPSA) is 67.9 Å². The number of carbonyl (C=O) groups is 2. The molecule has 0 saturated carbocycles. The first-order valence-corrected chi connectivity index (χ1v) is 8.52. The fourth-order valence-corrected chi connectivity index (χ4v) is 3.61. The molecule has 2 atom stereocenters. The number of amides is 1. The Morgan fingerprint density at radius 2 is 2.29 bits per heavy atom. The number of rotatable bonds is 4. The van der Waals surface area contributed by atoms with Crippen LogP contribution in [0.3, 0.4) is 0 Å². The number of esters is 1. The van der Waals surface area contributed by atoms with Crippen LogP contribution in [0.4, 0.5) is 5.69 Å². The summed E-state index contributed by atoms with van der Waals surface area (Å²) < 4.78 is 10.3. The van der Waals surface area contributed by atoms with Crippen LogP contribution in [-0.2, 0) is 14.3 Å². The molecule has 1 aromatic carbocycles. The van der Waals surface area contributed by atoms with Crippen molar-refractivity contribution in [2.75, 3.05) is 25.6 Å². The van der Waals surface area contributed by atoms with Gasteiger partial charge in [-0.25, -0.2) is 0 Å². The second-order valence-electron chi connectivity index (χ2n) is 6.13. The summed E-state index contributed by atoms with van der Waals surface area (Å²) in [6, 6.07) is 4.77. The van der Waals surface area contributed by atoms with E-state index in [9.17, 15) is 9.59 Å². The molecule has 1 aromatic rings. The number of anilines is 1. The number of morpholine rings is 1. The highest BCUT2D eigenvalue weighted by Gasteiger charge is 2.40. The first kappa shape index (κ1) is 17.0. The highest BCUT2D eigenvalue weighted by Crippen LogP contribution is 2.28. The van der Waals surface area contributed by atoms with E-state index in [1.165, 1.54) is 7.11 Å². The van der Waals surface area contributed by atoms with E-state index in [4.69, 9.17) is 21.1 Å². The van der Waals surface area contributed by atoms with Crippen LogP contribution < -0.4 is 10.1 Å². The third-order valence-electron chi connectivity index (χ3n) is 4.58. The molecule has 0 radical (unpaired) electrons. The van der Waals surface area contributed by atoms with Crippen molar-refractivity contribution < 1.29 is 19.1 Å². The molecule has 2 aliphatic rings. The molecular weight excluding hydrogens is 332 g/mol. The Labute approximate surface area is 146 Å². The van der Waals surface area contributed by atoms with Crippen molar-refractivity contribution in [2.24, 2.45) is 0 Å². The van der Waals surface area contributed by atoms with E-state index < -0.39 is 6.04 Å². The largest absolute Gasteiger partial charge is 0.495 e. The van der Waals surface area contributed by atoms with E-state index >= 15 is 0 Å². The van der Waals surface area contributed by atoms with Gasteiger partial charge in [-0.05, 0) is 37.6 Å². The number of fused-ring (bicyclic) bond motifs is 1. The minimum Gasteiger partial charge on any atom is -0.495 e. The minimum atomic E-state index is -0.502. The van der Waals surface area contributed by atoms with Crippen molar-refractivity contribution in [3.05, 3.63) is 23.2 Å². The molecule has 0 unspecified atom stereocenters. The second kappa shape index (κ2) is 7.40. The number of nitrogens with one attached hydrogen (secondary N) is 1. The van der Waals surface area contributed by atoms with Gasteiger partial charge in [-0.1, -0.05) is 18.0 Å². The summed E-state index contributed by atoms with van der Waals surface area (Å²) in [7, 11) is 1.53. The predicted molar refractivity (Wildman–Crippen MR) is 90.3 cm³/mol. The monoisotopic (exact) mass is 352 g/mol. The van der Waals surface area contributed by atoms with Crippen LogP contribution in [0, 0.1) is 0 Å². The molecular formula is C17H21ClN2O4. The number of hydrogen-bond donors (Lipinski definition) is 1. The Hall–Kier alpha value is -1.79. The van der Waals surface area contributed by atoms with Gasteiger partial charge in [0, 0.05) is 11.7 Å². The van der Waals surface area contributed by atoms with Crippen LogP contribution in [0.5, 0.6) is 5.75 Å². The minimum absolute atomic E-state index is 0.0823. The highest BCUT2D eigenvalue weighted by atomic mass is 35.5. The lowest BCUT2D eigenvalue weighted by molar-refractivity contribution is -0.165. The number of benzene rings is 1. The summed E-state index contributed by atoms with van der Waals surface area (Å²) in [6.45, 7) is 1.27. The van der Waals surface area contributed by atoms with Crippen molar-refractivity contribution in [1.29, 1.82) is 0 Å². The summed E-state index contributed by atoms with van der Waals surface area (Å²) in [5, 5.41) is 3.20. The van der Waals surface area contributed by atoms with Gasteiger partial charge in [-0.3, -0.25) is 14.5 Å². The first-order valence-electron chi connectivity index (χ1n) is 8.14. The van der Waals surface area contributed by atoms with E-state index in [1.807, 2.05) is 0 Å². The van der Waals surface area contributed by atoms with Crippen LogP contribution in [0.25, 0.3) is 0 Å². The van der Waals surface area contributed by atoms with Crippen LogP contribution in [0.15, 0.2) is 18.2 Å². The van der Waals surface area contributed by atoms with Crippen LogP contribution >= 0.6 is 11.6 Å². The average Bonchev–Trinajstić information content (AvgIpc) is 2.58. The van der Waals surface area contributed by atoms with Gasteiger partial charge in [0.15, 0.2) is 0 Å². The Kier molecular flexibility index (Phi) is 5.26. The number of halogens is 1. The molecule has 3 rings (SSSR count). The Balaban J connectivity index is 1.64. The van der Waals surface area contributed by atoms with Crippen molar-refractivity contribution in [3.63, 3.8) is 0 Å². The summed E-state index contributed by atoms with van der Waals surface area (Å²) >= 11 is 6.06. The molecule has 2 aliphatic heterocycles. The van der Waals surface area contributed by atoms with Gasteiger partial charge in [0.1, 0.15) is 18.4 Å². The zero-order valence-electron chi connectivity index (χ0n) is 13.6. The maximum Gasteiger partial charge on any atom is 0.323 e. The molecule has 2 saturated heterocycles. The zero-order chi connectivity index (χ0) is 17.1. The lowest BCUT2D eigenvalue weighted by Crippen LogP contribution is -2.57. The fraction of sp³-hybridized carbons (Fsp3) is 0.529. The standard InChI is InChI=1S/C17H21ClN2O4/c1-23-15-6-5-11(8-13(15)18)19-16(21)9-14-17(22)24-10-12-4-2-3-7-20(12)14/h5-6,8,12,14H,2-4,7,9-10H2,1H3,(H,19,21)/t12-,14-/m1/s1. The number of carbonyl (C=O) groups excluding carboxylic acids is 2. The van der Waals surface area contributed by atoms with Crippen molar-refractivity contribution in [2.45, 2.75) is 37.8 Å². The van der Waals surface area contributed by atoms with E-state index in [0.29, 0.717) is 23.1 Å². The molecule has 6 nitrogen and oxygen atoms in total. The maximum atomic E-state index is 12.3. The fourth-order valence-electron chi connectivity index (χ4n) is 3.35. The molecule has 1 amide bonds. The molecule has 2 fully saturated rings.